The van der Waals surface area contributed by atoms with E-state index in [4.69, 9.17) is 0 Å². The van der Waals surface area contributed by atoms with Crippen LogP contribution < -0.4 is 5.32 Å². The average molecular weight is 283 g/mol. The third-order valence-corrected chi connectivity index (χ3v) is 5.88. The first kappa shape index (κ1) is 18.0. The summed E-state index contributed by atoms with van der Waals surface area (Å²) in [5, 5.41) is 3.59. The van der Waals surface area contributed by atoms with Crippen LogP contribution in [0.5, 0.6) is 0 Å². The van der Waals surface area contributed by atoms with E-state index in [-0.39, 0.29) is 0 Å². The summed E-state index contributed by atoms with van der Waals surface area (Å²) in [4.78, 5) is 2.74. The molecule has 3 unspecified atom stereocenters. The van der Waals surface area contributed by atoms with Crippen LogP contribution in [0.4, 0.5) is 0 Å². The molecule has 1 saturated carbocycles. The van der Waals surface area contributed by atoms with Gasteiger partial charge in [-0.2, -0.15) is 0 Å². The van der Waals surface area contributed by atoms with Gasteiger partial charge in [-0.1, -0.05) is 47.5 Å². The Balaban J connectivity index is 2.76. The van der Waals surface area contributed by atoms with E-state index in [1.807, 2.05) is 0 Å². The summed E-state index contributed by atoms with van der Waals surface area (Å²) in [6, 6.07) is 1.43. The molecule has 0 bridgehead atoms. The highest BCUT2D eigenvalue weighted by Crippen LogP contribution is 2.41. The molecule has 3 atom stereocenters. The summed E-state index contributed by atoms with van der Waals surface area (Å²) in [6.07, 6.45) is 8.06. The fraction of sp³-hybridized carbons (Fsp3) is 1.00. The maximum absolute atomic E-state index is 3.59. The minimum absolute atomic E-state index is 0.501. The smallest absolute Gasteiger partial charge is 0.0251 e. The highest BCUT2D eigenvalue weighted by Gasteiger charge is 2.38. The van der Waals surface area contributed by atoms with E-state index in [0.717, 1.165) is 12.0 Å². The Morgan fingerprint density at radius 2 is 1.85 bits per heavy atom. The highest BCUT2D eigenvalue weighted by atomic mass is 15.2. The lowest BCUT2D eigenvalue weighted by atomic mass is 9.67. The van der Waals surface area contributed by atoms with Gasteiger partial charge in [0.25, 0.3) is 0 Å². The Morgan fingerprint density at radius 1 is 1.15 bits per heavy atom. The van der Waals surface area contributed by atoms with Gasteiger partial charge in [-0.3, -0.25) is 4.90 Å². The number of unbranched alkanes of at least 4 members (excludes halogenated alkanes) is 1. The highest BCUT2D eigenvalue weighted by molar-refractivity contribution is 4.94. The van der Waals surface area contributed by atoms with E-state index in [1.54, 1.807) is 0 Å². The van der Waals surface area contributed by atoms with Crippen LogP contribution in [0.3, 0.4) is 0 Å². The van der Waals surface area contributed by atoms with Crippen LogP contribution in [0.1, 0.15) is 73.1 Å². The predicted molar refractivity (Wildman–Crippen MR) is 90.2 cm³/mol. The Bertz CT molecular complexity index is 262. The molecule has 1 fully saturated rings. The van der Waals surface area contributed by atoms with Gasteiger partial charge in [0.05, 0.1) is 0 Å². The van der Waals surface area contributed by atoms with E-state index in [0.29, 0.717) is 11.5 Å². The molecule has 0 saturated heterocycles. The molecule has 1 N–H and O–H groups in total. The van der Waals surface area contributed by atoms with Crippen molar-refractivity contribution in [1.82, 2.24) is 10.2 Å². The first-order valence-corrected chi connectivity index (χ1v) is 8.91. The number of likely N-dealkylation sites (N-methyl/N-ethyl adjacent to an activating group) is 2. The van der Waals surface area contributed by atoms with Crippen LogP contribution in [0.2, 0.25) is 0 Å². The lowest BCUT2D eigenvalue weighted by Crippen LogP contribution is -2.54. The van der Waals surface area contributed by atoms with Crippen molar-refractivity contribution in [2.24, 2.45) is 11.3 Å². The van der Waals surface area contributed by atoms with Crippen molar-refractivity contribution in [2.75, 3.05) is 20.1 Å². The zero-order chi connectivity index (χ0) is 15.2. The van der Waals surface area contributed by atoms with Crippen LogP contribution in [-0.4, -0.2) is 37.1 Å². The standard InChI is InChI=1S/C18H38N2/c1-7-10-13-20(9-3)17-14-15(18(4,5)8-2)11-12-16(17)19-6/h15-17,19H,7-14H2,1-6H3. The third-order valence-electron chi connectivity index (χ3n) is 5.88. The Morgan fingerprint density at radius 3 is 2.35 bits per heavy atom. The molecule has 0 aromatic rings. The van der Waals surface area contributed by atoms with Crippen LogP contribution in [0.15, 0.2) is 0 Å². The zero-order valence-corrected chi connectivity index (χ0v) is 14.8. The third kappa shape index (κ3) is 4.46. The molecule has 0 radical (unpaired) electrons. The van der Waals surface area contributed by atoms with Gasteiger partial charge in [0.2, 0.25) is 0 Å². The lowest BCUT2D eigenvalue weighted by Gasteiger charge is -2.47. The minimum Gasteiger partial charge on any atom is -0.315 e. The number of hydrogen-bond acceptors (Lipinski definition) is 2. The SMILES string of the molecule is CCCCN(CC)C1CC(C(C)(C)CC)CCC1NC. The van der Waals surface area contributed by atoms with E-state index in [9.17, 15) is 0 Å². The van der Waals surface area contributed by atoms with Crippen molar-refractivity contribution >= 4 is 0 Å². The maximum atomic E-state index is 3.59. The minimum atomic E-state index is 0.501. The molecular weight excluding hydrogens is 244 g/mol. The second-order valence-electron chi connectivity index (χ2n) is 7.30. The molecular formula is C18H38N2. The van der Waals surface area contributed by atoms with Gasteiger partial charge in [-0.15, -0.1) is 0 Å². The Hall–Kier alpha value is -0.0800. The topological polar surface area (TPSA) is 15.3 Å². The van der Waals surface area contributed by atoms with Crippen LogP contribution in [0.25, 0.3) is 0 Å². The second kappa shape index (κ2) is 8.38. The van der Waals surface area contributed by atoms with Gasteiger partial charge >= 0.3 is 0 Å². The molecule has 0 aromatic carbocycles. The molecule has 120 valence electrons. The molecule has 2 nitrogen and oxygen atoms in total. The van der Waals surface area contributed by atoms with Gasteiger partial charge in [0.15, 0.2) is 0 Å². The molecule has 1 aliphatic carbocycles. The van der Waals surface area contributed by atoms with Gasteiger partial charge in [0.1, 0.15) is 0 Å². The van der Waals surface area contributed by atoms with Gasteiger partial charge in [-0.25, -0.2) is 0 Å². The number of nitrogens with one attached hydrogen (secondary N) is 1. The molecule has 2 heteroatoms. The van der Waals surface area contributed by atoms with Crippen molar-refractivity contribution in [2.45, 2.75) is 85.2 Å². The first-order valence-electron chi connectivity index (χ1n) is 8.91. The number of nitrogens with zero attached hydrogens (tertiary/aromatic N) is 1. The summed E-state index contributed by atoms with van der Waals surface area (Å²) >= 11 is 0. The Kier molecular flexibility index (Phi) is 7.53. The van der Waals surface area contributed by atoms with Crippen LogP contribution in [0, 0.1) is 11.3 Å². The summed E-state index contributed by atoms with van der Waals surface area (Å²) in [5.74, 6) is 0.887. The van der Waals surface area contributed by atoms with E-state index in [1.165, 1.54) is 51.6 Å². The first-order chi connectivity index (χ1) is 9.50. The fourth-order valence-corrected chi connectivity index (χ4v) is 3.81. The molecule has 0 heterocycles. The van der Waals surface area contributed by atoms with E-state index in [2.05, 4.69) is 51.9 Å². The van der Waals surface area contributed by atoms with Crippen molar-refractivity contribution in [3.05, 3.63) is 0 Å². The summed E-state index contributed by atoms with van der Waals surface area (Å²) in [7, 11) is 2.15. The molecule has 1 rings (SSSR count). The van der Waals surface area contributed by atoms with Crippen molar-refractivity contribution in [3.8, 4) is 0 Å². The van der Waals surface area contributed by atoms with Crippen LogP contribution >= 0.6 is 0 Å². The van der Waals surface area contributed by atoms with Gasteiger partial charge in [-0.05, 0) is 57.2 Å². The number of rotatable bonds is 8. The maximum Gasteiger partial charge on any atom is 0.0251 e. The van der Waals surface area contributed by atoms with E-state index < -0.39 is 0 Å². The predicted octanol–water partition coefficient (Wildman–Crippen LogP) is 4.30. The molecule has 1 aliphatic rings. The fourth-order valence-electron chi connectivity index (χ4n) is 3.81. The summed E-state index contributed by atoms with van der Waals surface area (Å²) in [6.45, 7) is 14.4. The molecule has 0 amide bonds. The molecule has 0 aromatic heterocycles. The van der Waals surface area contributed by atoms with Crippen molar-refractivity contribution in [1.29, 1.82) is 0 Å². The average Bonchev–Trinajstić information content (AvgIpc) is 2.47. The monoisotopic (exact) mass is 282 g/mol. The zero-order valence-electron chi connectivity index (χ0n) is 14.8. The lowest BCUT2D eigenvalue weighted by molar-refractivity contribution is 0.0536. The number of hydrogen-bond donors (Lipinski definition) is 1. The second-order valence-corrected chi connectivity index (χ2v) is 7.30. The summed E-state index contributed by atoms with van der Waals surface area (Å²) in [5.41, 5.74) is 0.501. The largest absolute Gasteiger partial charge is 0.315 e. The normalized spacial score (nSPS) is 28.1. The van der Waals surface area contributed by atoms with Gasteiger partial charge in [0, 0.05) is 12.1 Å². The molecule has 20 heavy (non-hydrogen) atoms. The quantitative estimate of drug-likeness (QED) is 0.714. The van der Waals surface area contributed by atoms with Crippen LogP contribution in [-0.2, 0) is 0 Å². The van der Waals surface area contributed by atoms with Gasteiger partial charge < -0.3 is 5.32 Å². The Labute approximate surface area is 127 Å². The van der Waals surface area contributed by atoms with Crippen molar-refractivity contribution in [3.63, 3.8) is 0 Å². The van der Waals surface area contributed by atoms with Crippen molar-refractivity contribution < 1.29 is 0 Å². The van der Waals surface area contributed by atoms with E-state index >= 15 is 0 Å². The molecule has 0 aliphatic heterocycles. The molecule has 0 spiro atoms. The summed E-state index contributed by atoms with van der Waals surface area (Å²) < 4.78 is 0.